The number of hydrogen-bond donors (Lipinski definition) is 0. The first kappa shape index (κ1) is 92.6. The second kappa shape index (κ2) is 42.8. The molecule has 0 aliphatic carbocycles. The Labute approximate surface area is 609 Å². The summed E-state index contributed by atoms with van der Waals surface area (Å²) in [5.74, 6) is 0. The average molecular weight is 1030 g/mol. The van der Waals surface area contributed by atoms with Gasteiger partial charge in [0, 0.05) is 275 Å². The van der Waals surface area contributed by atoms with E-state index in [9.17, 15) is 0 Å². The third-order valence-corrected chi connectivity index (χ3v) is 25.9. The molecule has 87 heavy (non-hydrogen) atoms. The Morgan fingerprint density at radius 2 is 0.172 bits per heavy atom. The zero-order valence-electron chi connectivity index (χ0n) is 69.0. The molecule has 0 aromatic carbocycles. The molecule has 0 spiro atoms. The Hall–Kier alpha value is 5.65. The highest BCUT2D eigenvalue weighted by atomic mass is 13.5. The van der Waals surface area contributed by atoms with Crippen LogP contribution in [0.5, 0.6) is 0 Å². The van der Waals surface area contributed by atoms with Crippen LogP contribution in [0, 0.1) is 0 Å². The van der Waals surface area contributed by atoms with Crippen LogP contribution < -0.4 is 0 Å². The zero-order valence-corrected chi connectivity index (χ0v) is 69.0. The maximum absolute atomic E-state index is 2.83. The summed E-state index contributed by atoms with van der Waals surface area (Å²) in [5, 5.41) is 0. The van der Waals surface area contributed by atoms with Gasteiger partial charge in [-0.05, 0) is 0 Å². The van der Waals surface area contributed by atoms with E-state index >= 15 is 0 Å². The normalized spacial score (nSPS) is 9.79. The molecule has 0 rings (SSSR count). The molecule has 0 aromatic heterocycles. The van der Waals surface area contributed by atoms with Crippen molar-refractivity contribution >= 4 is 616 Å². The van der Waals surface area contributed by atoms with Crippen LogP contribution in [0.2, 0.25) is 0 Å². The van der Waals surface area contributed by atoms with E-state index in [-0.39, 0.29) is 0 Å². The molecule has 0 fully saturated rings. The zero-order chi connectivity index (χ0) is 69.0. The van der Waals surface area contributed by atoms with Gasteiger partial charge in [-0.25, -0.2) is 0 Å². The van der Waals surface area contributed by atoms with Gasteiger partial charge in [-0.15, -0.1) is 0 Å². The highest BCUT2D eigenvalue weighted by Crippen LogP contribution is 2.29. The summed E-state index contributed by atoms with van der Waals surface area (Å²) in [5.41, 5.74) is 0. The van der Waals surface area contributed by atoms with Crippen LogP contribution >= 0.6 is 0 Å². The number of hydrogen-bond acceptors (Lipinski definition) is 0. The summed E-state index contributed by atoms with van der Waals surface area (Å²) in [6, 6.07) is 0. The molecule has 0 heterocycles. The lowest BCUT2D eigenvalue weighted by molar-refractivity contribution is 3.13. The van der Waals surface area contributed by atoms with E-state index in [1.807, 2.05) is 0 Å². The molecule has 0 saturated heterocycles. The summed E-state index contributed by atoms with van der Waals surface area (Å²) in [6.07, 6.45) is 23.7. The van der Waals surface area contributed by atoms with Crippen molar-refractivity contribution in [3.63, 3.8) is 0 Å². The van der Waals surface area contributed by atoms with Gasteiger partial charge in [0.15, 0.2) is 0 Å². The Bertz CT molecular complexity index is 1370. The molecule has 0 nitrogen and oxygen atoms in total. The predicted molar refractivity (Wildman–Crippen MR) is 625 cm³/mol. The lowest BCUT2D eigenvalue weighted by Crippen LogP contribution is -3.00. The largest absolute Gasteiger partial charge is 0.0594 e. The fourth-order valence-corrected chi connectivity index (χ4v) is 25.3. The SMILES string of the molecule is BBB(B)B(B(B)B)B(B(B(B(B)B)B(B)B)B(B(B)B)B(B)B)B(B(B(B(B(B)B)B(B)B)B(B(B)B)B(B)B)B(B(B(B)B)B(B)B)B(B(B)B)B(B)B)B(B(B(B(B)B)B(B)B)B(B(B)B)B(B)B)B(B(B(B)B)B(B)B)B(B(B)B)B(B)B. The van der Waals surface area contributed by atoms with Crippen molar-refractivity contribution in [2.24, 2.45) is 0 Å². The second-order valence-electron chi connectivity index (χ2n) is 39.1. The van der Waals surface area contributed by atoms with Crippen LogP contribution in [0.25, 0.3) is 0 Å². The van der Waals surface area contributed by atoms with E-state index in [0.717, 1.165) is 0 Å². The molecule has 0 amide bonds. The van der Waals surface area contributed by atoms with Crippen LogP contribution in [-0.2, 0) is 0 Å². The van der Waals surface area contributed by atoms with E-state index in [2.05, 4.69) is 340 Å². The quantitative estimate of drug-likeness (QED) is 0.0535. The summed E-state index contributed by atoms with van der Waals surface area (Å²) < 4.78 is 0. The van der Waals surface area contributed by atoms with Crippen molar-refractivity contribution in [3.8, 4) is 0 Å². The Morgan fingerprint density at radius 3 is 0.241 bits per heavy atom. The van der Waals surface area contributed by atoms with Gasteiger partial charge >= 0.3 is 0 Å². The standard InChI is InChI=1S/B87H89/c1-45-67(44)78(66(42)43)84(79(68(46(2)3)47(4)5)69(48(6)7)49(8)9)87(85(80(70(50(10)11)51(12)13)71(52(14)15)53(16)17)81(72(54(18)19)55(20)21)73(56(22)23)57(24)25)86(82(74(58(26)27)59(28)29)75(60(30)31)61(32)33)83(76(62(34)35)63(36)37)77(64(38)39)65(40)41/h45H,1-44H2. The van der Waals surface area contributed by atoms with E-state index in [1.165, 1.54) is 7.06 Å². The molecule has 87 heteroatoms. The van der Waals surface area contributed by atoms with Gasteiger partial charge in [-0.1, -0.05) is 0 Å². The van der Waals surface area contributed by atoms with Crippen LogP contribution in [-0.4, -0.2) is 616 Å². The molecule has 0 N–H and O–H groups in total. The fraction of sp³-hybridized carbons (Fsp3) is 0. The monoisotopic (exact) mass is 1050 g/mol. The summed E-state index contributed by atoms with van der Waals surface area (Å²) >= 11 is 0. The second-order valence-corrected chi connectivity index (χ2v) is 39.1. The molecule has 0 saturated carbocycles. The fourth-order valence-electron chi connectivity index (χ4n) is 25.3. The van der Waals surface area contributed by atoms with Gasteiger partial charge in [-0.3, -0.25) is 0 Å². The van der Waals surface area contributed by atoms with Crippen molar-refractivity contribution < 1.29 is 0 Å². The van der Waals surface area contributed by atoms with Gasteiger partial charge in [-0.2, -0.15) is 0 Å². The Morgan fingerprint density at radius 1 is 0.103 bits per heavy atom. The maximum Gasteiger partial charge on any atom is 0.0594 e. The van der Waals surface area contributed by atoms with Gasteiger partial charge in [0.1, 0.15) is 0 Å². The smallest absolute Gasteiger partial charge is 0.00000172 e. The minimum atomic E-state index is 0.487. The molecule has 0 radical (unpaired) electrons. The molecule has 0 unspecified atom stereocenters. The van der Waals surface area contributed by atoms with Gasteiger partial charge in [0.05, 0.1) is 340 Å². The van der Waals surface area contributed by atoms with E-state index in [1.54, 1.807) is 0 Å². The molecule has 0 aliphatic heterocycles. The summed E-state index contributed by atoms with van der Waals surface area (Å²) in [7, 11) is 122. The average Bonchev–Trinajstić information content (AvgIpc) is 3.29. The van der Waals surface area contributed by atoms with Crippen LogP contribution in [0.4, 0.5) is 0 Å². The number of rotatable bonds is 42. The van der Waals surface area contributed by atoms with Crippen molar-refractivity contribution in [3.05, 3.63) is 0 Å². The molecule has 0 bridgehead atoms. The van der Waals surface area contributed by atoms with E-state index in [4.69, 9.17) is 0 Å². The minimum Gasteiger partial charge on any atom is 0.00000172 e. The molecule has 0 atom stereocenters. The highest BCUT2D eigenvalue weighted by Gasteiger charge is 2.67. The third-order valence-electron chi connectivity index (χ3n) is 25.9. The summed E-state index contributed by atoms with van der Waals surface area (Å²) in [6.45, 7) is 0. The van der Waals surface area contributed by atoms with Gasteiger partial charge in [0.25, 0.3) is 0 Å². The predicted octanol–water partition coefficient (Wildman–Crippen LogP) is -57.0. The van der Waals surface area contributed by atoms with Crippen molar-refractivity contribution in [2.45, 2.75) is 0 Å². The maximum atomic E-state index is 2.83. The minimum absolute atomic E-state index is 0.487. The van der Waals surface area contributed by atoms with Gasteiger partial charge in [0.2, 0.25) is 0 Å². The van der Waals surface area contributed by atoms with E-state index < -0.39 is 0 Å². The summed E-state index contributed by atoms with van der Waals surface area (Å²) in [4.78, 5) is 0. The van der Waals surface area contributed by atoms with Crippen molar-refractivity contribution in [1.82, 2.24) is 0 Å². The highest BCUT2D eigenvalue weighted by molar-refractivity contribution is 8.42. The molecule has 350 valence electrons. The van der Waals surface area contributed by atoms with Crippen LogP contribution in [0.3, 0.4) is 0 Å². The lowest BCUT2D eigenvalue weighted by Gasteiger charge is -2.61. The third kappa shape index (κ3) is 25.0. The topological polar surface area (TPSA) is 0 Å². The van der Waals surface area contributed by atoms with E-state index in [0.29, 0.717) is 268 Å². The van der Waals surface area contributed by atoms with Crippen LogP contribution in [0.1, 0.15) is 0 Å². The first-order valence-corrected chi connectivity index (χ1v) is 39.6. The molecular weight excluding hydrogens is 941 g/mol. The molecule has 0 aliphatic rings. The van der Waals surface area contributed by atoms with Crippen molar-refractivity contribution in [2.75, 3.05) is 0 Å². The van der Waals surface area contributed by atoms with Crippen LogP contribution in [0.15, 0.2) is 0 Å². The van der Waals surface area contributed by atoms with Crippen molar-refractivity contribution in [1.29, 1.82) is 0 Å². The molecular formula is H89B87. The Kier molecular flexibility index (Phi) is 45.6. The van der Waals surface area contributed by atoms with Gasteiger partial charge < -0.3 is 0 Å². The first-order chi connectivity index (χ1) is 39.6. The first-order valence-electron chi connectivity index (χ1n) is 39.6. The lowest BCUT2D eigenvalue weighted by atomic mass is 8.19. The Balaban J connectivity index is 13.4. The molecule has 0 aromatic rings.